The number of benzene rings is 1. The molecule has 108 valence electrons. The minimum Gasteiger partial charge on any atom is -0.399 e. The van der Waals surface area contributed by atoms with Crippen molar-refractivity contribution in [3.63, 3.8) is 0 Å². The Bertz CT molecular complexity index is 513. The second-order valence-electron chi connectivity index (χ2n) is 6.75. The lowest BCUT2D eigenvalue weighted by atomic mass is 9.79. The van der Waals surface area contributed by atoms with Crippen LogP contribution in [-0.2, 0) is 9.31 Å². The third-order valence-electron chi connectivity index (χ3n) is 4.46. The average molecular weight is 294 g/mol. The van der Waals surface area contributed by atoms with Gasteiger partial charge < -0.3 is 14.6 Å². The van der Waals surface area contributed by atoms with Gasteiger partial charge in [-0.3, -0.25) is 0 Å². The van der Waals surface area contributed by atoms with Crippen LogP contribution in [0.1, 0.15) is 40.5 Å². The van der Waals surface area contributed by atoms with Gasteiger partial charge in [0, 0.05) is 6.04 Å². The van der Waals surface area contributed by atoms with Crippen LogP contribution in [0, 0.1) is 0 Å². The van der Waals surface area contributed by atoms with Gasteiger partial charge in [0.15, 0.2) is 0 Å². The number of hydrogen-bond donors (Lipinski definition) is 1. The van der Waals surface area contributed by atoms with Crippen molar-refractivity contribution >= 4 is 29.9 Å². The van der Waals surface area contributed by atoms with E-state index in [1.807, 2.05) is 18.2 Å². The van der Waals surface area contributed by atoms with Gasteiger partial charge in [0.1, 0.15) is 0 Å². The van der Waals surface area contributed by atoms with E-state index in [0.717, 1.165) is 16.2 Å². The topological polar surface area (TPSA) is 30.5 Å². The van der Waals surface area contributed by atoms with E-state index in [1.54, 1.807) is 0 Å². The molecular formula is C15H21BClNO2. The SMILES string of the molecule is CC1(C)OB(c2ccc(NC3CC3)c(Cl)c2)OC1(C)C. The number of rotatable bonds is 3. The zero-order chi connectivity index (χ0) is 14.5. The predicted octanol–water partition coefficient (Wildman–Crippen LogP) is 3.21. The highest BCUT2D eigenvalue weighted by Gasteiger charge is 2.51. The lowest BCUT2D eigenvalue weighted by Crippen LogP contribution is -2.41. The summed E-state index contributed by atoms with van der Waals surface area (Å²) >= 11 is 6.35. The van der Waals surface area contributed by atoms with E-state index < -0.39 is 0 Å². The largest absolute Gasteiger partial charge is 0.494 e. The minimum atomic E-state index is -0.354. The van der Waals surface area contributed by atoms with E-state index >= 15 is 0 Å². The van der Waals surface area contributed by atoms with Gasteiger partial charge in [-0.25, -0.2) is 0 Å². The molecule has 1 N–H and O–H groups in total. The summed E-state index contributed by atoms with van der Waals surface area (Å²) in [7, 11) is -0.354. The lowest BCUT2D eigenvalue weighted by Gasteiger charge is -2.32. The van der Waals surface area contributed by atoms with Crippen molar-refractivity contribution in [3.8, 4) is 0 Å². The Hall–Kier alpha value is -0.705. The van der Waals surface area contributed by atoms with E-state index in [2.05, 4.69) is 33.0 Å². The number of halogens is 1. The van der Waals surface area contributed by atoms with Crippen LogP contribution in [0.3, 0.4) is 0 Å². The first-order chi connectivity index (χ1) is 9.28. The van der Waals surface area contributed by atoms with Gasteiger partial charge in [-0.15, -0.1) is 0 Å². The van der Waals surface area contributed by atoms with Crippen LogP contribution in [0.25, 0.3) is 0 Å². The molecule has 1 aliphatic carbocycles. The van der Waals surface area contributed by atoms with Crippen molar-refractivity contribution < 1.29 is 9.31 Å². The summed E-state index contributed by atoms with van der Waals surface area (Å²) in [6, 6.07) is 6.57. The molecule has 1 aromatic carbocycles. The molecule has 0 bridgehead atoms. The lowest BCUT2D eigenvalue weighted by molar-refractivity contribution is 0.00578. The third kappa shape index (κ3) is 2.57. The monoisotopic (exact) mass is 293 g/mol. The molecule has 1 saturated heterocycles. The van der Waals surface area contributed by atoms with Crippen LogP contribution < -0.4 is 10.8 Å². The molecular weight excluding hydrogens is 272 g/mol. The van der Waals surface area contributed by atoms with Crippen LogP contribution in [-0.4, -0.2) is 24.4 Å². The van der Waals surface area contributed by atoms with E-state index in [1.165, 1.54) is 12.8 Å². The summed E-state index contributed by atoms with van der Waals surface area (Å²) in [6.45, 7) is 8.21. The second-order valence-corrected chi connectivity index (χ2v) is 7.15. The van der Waals surface area contributed by atoms with Crippen molar-refractivity contribution in [1.29, 1.82) is 0 Å². The molecule has 0 spiro atoms. The number of anilines is 1. The Morgan fingerprint density at radius 3 is 2.25 bits per heavy atom. The summed E-state index contributed by atoms with van der Waals surface area (Å²) < 4.78 is 12.1. The molecule has 1 saturated carbocycles. The van der Waals surface area contributed by atoms with Crippen LogP contribution in [0.15, 0.2) is 18.2 Å². The summed E-state index contributed by atoms with van der Waals surface area (Å²) in [5.74, 6) is 0. The zero-order valence-electron chi connectivity index (χ0n) is 12.5. The van der Waals surface area contributed by atoms with Crippen LogP contribution in [0.5, 0.6) is 0 Å². The van der Waals surface area contributed by atoms with Gasteiger partial charge >= 0.3 is 7.12 Å². The van der Waals surface area contributed by atoms with Gasteiger partial charge in [0.2, 0.25) is 0 Å². The maximum Gasteiger partial charge on any atom is 0.494 e. The summed E-state index contributed by atoms with van der Waals surface area (Å²) in [5.41, 5.74) is 1.31. The molecule has 0 atom stereocenters. The Morgan fingerprint density at radius 1 is 1.15 bits per heavy atom. The summed E-state index contributed by atoms with van der Waals surface area (Å²) in [4.78, 5) is 0. The Morgan fingerprint density at radius 2 is 1.75 bits per heavy atom. The average Bonchev–Trinajstić information content (AvgIpc) is 3.10. The quantitative estimate of drug-likeness (QED) is 0.868. The normalized spacial score (nSPS) is 23.9. The first-order valence-electron chi connectivity index (χ1n) is 7.20. The molecule has 1 aliphatic heterocycles. The van der Waals surface area contributed by atoms with Crippen molar-refractivity contribution in [1.82, 2.24) is 0 Å². The van der Waals surface area contributed by atoms with Gasteiger partial charge in [0.25, 0.3) is 0 Å². The van der Waals surface area contributed by atoms with E-state index in [4.69, 9.17) is 20.9 Å². The van der Waals surface area contributed by atoms with E-state index in [9.17, 15) is 0 Å². The van der Waals surface area contributed by atoms with Gasteiger partial charge in [-0.2, -0.15) is 0 Å². The predicted molar refractivity (Wildman–Crippen MR) is 83.8 cm³/mol. The standard InChI is InChI=1S/C15H21BClNO2/c1-14(2)15(3,4)20-16(19-14)10-5-8-13(12(17)9-10)18-11-6-7-11/h5,8-9,11,18H,6-7H2,1-4H3. The summed E-state index contributed by atoms with van der Waals surface area (Å²) in [6.07, 6.45) is 2.46. The van der Waals surface area contributed by atoms with Crippen molar-refractivity contribution in [2.75, 3.05) is 5.32 Å². The van der Waals surface area contributed by atoms with Crippen LogP contribution in [0.2, 0.25) is 5.02 Å². The zero-order valence-corrected chi connectivity index (χ0v) is 13.3. The van der Waals surface area contributed by atoms with Crippen molar-refractivity contribution in [3.05, 3.63) is 23.2 Å². The van der Waals surface area contributed by atoms with E-state index in [0.29, 0.717) is 6.04 Å². The van der Waals surface area contributed by atoms with Crippen LogP contribution in [0.4, 0.5) is 5.69 Å². The molecule has 2 fully saturated rings. The molecule has 0 aromatic heterocycles. The maximum atomic E-state index is 6.35. The highest BCUT2D eigenvalue weighted by atomic mass is 35.5. The van der Waals surface area contributed by atoms with Crippen molar-refractivity contribution in [2.45, 2.75) is 57.8 Å². The fraction of sp³-hybridized carbons (Fsp3) is 0.600. The highest BCUT2D eigenvalue weighted by molar-refractivity contribution is 6.62. The molecule has 1 heterocycles. The maximum absolute atomic E-state index is 6.35. The van der Waals surface area contributed by atoms with Crippen LogP contribution >= 0.6 is 11.6 Å². The minimum absolute atomic E-state index is 0.324. The molecule has 3 nitrogen and oxygen atoms in total. The fourth-order valence-electron chi connectivity index (χ4n) is 2.22. The second kappa shape index (κ2) is 4.65. The van der Waals surface area contributed by atoms with Gasteiger partial charge in [-0.1, -0.05) is 17.7 Å². The molecule has 20 heavy (non-hydrogen) atoms. The first-order valence-corrected chi connectivity index (χ1v) is 7.58. The van der Waals surface area contributed by atoms with Gasteiger partial charge in [-0.05, 0) is 58.1 Å². The molecule has 0 radical (unpaired) electrons. The summed E-state index contributed by atoms with van der Waals surface area (Å²) in [5, 5.41) is 4.15. The Balaban J connectivity index is 1.79. The van der Waals surface area contributed by atoms with Crippen molar-refractivity contribution in [2.24, 2.45) is 0 Å². The fourth-order valence-corrected chi connectivity index (χ4v) is 2.47. The van der Waals surface area contributed by atoms with Gasteiger partial charge in [0.05, 0.1) is 21.9 Å². The Kier molecular flexibility index (Phi) is 3.31. The van der Waals surface area contributed by atoms with E-state index in [-0.39, 0.29) is 18.3 Å². The number of nitrogens with one attached hydrogen (secondary N) is 1. The third-order valence-corrected chi connectivity index (χ3v) is 4.77. The smallest absolute Gasteiger partial charge is 0.399 e. The molecule has 1 aromatic rings. The molecule has 0 unspecified atom stereocenters. The molecule has 3 rings (SSSR count). The Labute approximate surface area is 126 Å². The number of hydrogen-bond acceptors (Lipinski definition) is 3. The molecule has 2 aliphatic rings. The molecule has 0 amide bonds. The first kappa shape index (κ1) is 14.2. The molecule has 5 heteroatoms. The highest BCUT2D eigenvalue weighted by Crippen LogP contribution is 2.37.